The van der Waals surface area contributed by atoms with Gasteiger partial charge in [0.05, 0.1) is 6.61 Å². The van der Waals surface area contributed by atoms with E-state index in [-0.39, 0.29) is 6.09 Å². The van der Waals surface area contributed by atoms with Crippen molar-refractivity contribution in [1.82, 2.24) is 15.5 Å². The molecule has 2 N–H and O–H groups in total. The Bertz CT molecular complexity index is 539. The molecule has 0 saturated carbocycles. The first-order valence-electron chi connectivity index (χ1n) is 9.12. The maximum absolute atomic E-state index is 11.8. The summed E-state index contributed by atoms with van der Waals surface area (Å²) in [5.74, 6) is 1.27. The van der Waals surface area contributed by atoms with Crippen molar-refractivity contribution >= 4 is 23.4 Å². The van der Waals surface area contributed by atoms with Crippen LogP contribution < -0.4 is 10.6 Å². The molecule has 0 bridgehead atoms. The molecule has 2 rings (SSSR count). The standard InChI is InChI=1S/C18H30N4O2S/c1-4-19-17(20-12-14(3)15-8-11-25-13-15)21-16-6-9-22(10-7-16)18(23)24-5-2/h8,11,13-14,16H,4-7,9-10,12H2,1-3H3,(H2,19,20,21). The Morgan fingerprint density at radius 3 is 2.80 bits per heavy atom. The maximum Gasteiger partial charge on any atom is 0.409 e. The van der Waals surface area contributed by atoms with Crippen LogP contribution in [0.15, 0.2) is 21.8 Å². The monoisotopic (exact) mass is 366 g/mol. The van der Waals surface area contributed by atoms with Crippen molar-refractivity contribution in [3.63, 3.8) is 0 Å². The van der Waals surface area contributed by atoms with Crippen LogP contribution in [0, 0.1) is 0 Å². The Morgan fingerprint density at radius 2 is 2.20 bits per heavy atom. The lowest BCUT2D eigenvalue weighted by Crippen LogP contribution is -2.50. The van der Waals surface area contributed by atoms with E-state index in [4.69, 9.17) is 9.73 Å². The lowest BCUT2D eigenvalue weighted by Gasteiger charge is -2.32. The van der Waals surface area contributed by atoms with E-state index in [1.54, 1.807) is 16.2 Å². The number of carbonyl (C=O) groups excluding carboxylic acids is 1. The summed E-state index contributed by atoms with van der Waals surface area (Å²) in [6.07, 6.45) is 1.61. The molecule has 1 saturated heterocycles. The third-order valence-electron chi connectivity index (χ3n) is 4.34. The second-order valence-electron chi connectivity index (χ2n) is 6.28. The second kappa shape index (κ2) is 10.3. The Balaban J connectivity index is 1.83. The quantitative estimate of drug-likeness (QED) is 0.600. The van der Waals surface area contributed by atoms with Crippen LogP contribution in [0.4, 0.5) is 4.79 Å². The predicted molar refractivity (Wildman–Crippen MR) is 103 cm³/mol. The van der Waals surface area contributed by atoms with Gasteiger partial charge in [-0.05, 0) is 49.1 Å². The zero-order valence-corrected chi connectivity index (χ0v) is 16.3. The average molecular weight is 367 g/mol. The number of thiophene rings is 1. The van der Waals surface area contributed by atoms with Crippen molar-refractivity contribution in [2.75, 3.05) is 32.8 Å². The smallest absolute Gasteiger partial charge is 0.409 e. The number of amides is 1. The molecule has 1 aromatic heterocycles. The fourth-order valence-electron chi connectivity index (χ4n) is 2.82. The number of ether oxygens (including phenoxy) is 1. The topological polar surface area (TPSA) is 66.0 Å². The highest BCUT2D eigenvalue weighted by molar-refractivity contribution is 7.07. The summed E-state index contributed by atoms with van der Waals surface area (Å²) in [5, 5.41) is 11.1. The highest BCUT2D eigenvalue weighted by atomic mass is 32.1. The van der Waals surface area contributed by atoms with Crippen molar-refractivity contribution in [2.45, 2.75) is 45.6 Å². The Labute approximate surface area is 154 Å². The van der Waals surface area contributed by atoms with Crippen LogP contribution in [0.3, 0.4) is 0 Å². The molecule has 7 heteroatoms. The normalized spacial score (nSPS) is 17.2. The Morgan fingerprint density at radius 1 is 1.44 bits per heavy atom. The third kappa shape index (κ3) is 6.23. The number of nitrogens with zero attached hydrogens (tertiary/aromatic N) is 2. The number of rotatable bonds is 6. The summed E-state index contributed by atoms with van der Waals surface area (Å²) in [7, 11) is 0. The molecule has 6 nitrogen and oxygen atoms in total. The van der Waals surface area contributed by atoms with Crippen LogP contribution in [0.5, 0.6) is 0 Å². The van der Waals surface area contributed by atoms with Crippen LogP contribution in [-0.2, 0) is 4.74 Å². The van der Waals surface area contributed by atoms with Gasteiger partial charge in [0, 0.05) is 38.1 Å². The molecule has 25 heavy (non-hydrogen) atoms. The van der Waals surface area contributed by atoms with Crippen LogP contribution >= 0.6 is 11.3 Å². The zero-order chi connectivity index (χ0) is 18.1. The van der Waals surface area contributed by atoms with Gasteiger partial charge in [0.25, 0.3) is 0 Å². The number of piperidine rings is 1. The van der Waals surface area contributed by atoms with Crippen molar-refractivity contribution in [3.05, 3.63) is 22.4 Å². The van der Waals surface area contributed by atoms with Crippen molar-refractivity contribution in [3.8, 4) is 0 Å². The first kappa shape index (κ1) is 19.6. The molecule has 0 radical (unpaired) electrons. The van der Waals surface area contributed by atoms with E-state index >= 15 is 0 Å². The zero-order valence-electron chi connectivity index (χ0n) is 15.5. The molecule has 2 heterocycles. The summed E-state index contributed by atoms with van der Waals surface area (Å²) in [6.45, 7) is 9.57. The van der Waals surface area contributed by atoms with E-state index in [2.05, 4.69) is 41.3 Å². The van der Waals surface area contributed by atoms with Gasteiger partial charge in [0.2, 0.25) is 0 Å². The highest BCUT2D eigenvalue weighted by Crippen LogP contribution is 2.18. The molecule has 0 aromatic carbocycles. The predicted octanol–water partition coefficient (Wildman–Crippen LogP) is 3.03. The number of likely N-dealkylation sites (tertiary alicyclic amines) is 1. The Kier molecular flexibility index (Phi) is 8.04. The minimum absolute atomic E-state index is 0.203. The molecule has 0 aliphatic carbocycles. The van der Waals surface area contributed by atoms with Crippen LogP contribution in [-0.4, -0.2) is 55.8 Å². The van der Waals surface area contributed by atoms with Gasteiger partial charge >= 0.3 is 6.09 Å². The van der Waals surface area contributed by atoms with Crippen LogP contribution in [0.25, 0.3) is 0 Å². The number of nitrogens with one attached hydrogen (secondary N) is 2. The van der Waals surface area contributed by atoms with Gasteiger partial charge in [-0.25, -0.2) is 4.79 Å². The molecular weight excluding hydrogens is 336 g/mol. The first-order valence-corrected chi connectivity index (χ1v) is 10.1. The maximum atomic E-state index is 11.8. The number of carbonyl (C=O) groups is 1. The summed E-state index contributed by atoms with van der Waals surface area (Å²) < 4.78 is 5.07. The van der Waals surface area contributed by atoms with E-state index in [1.807, 2.05) is 6.92 Å². The van der Waals surface area contributed by atoms with Gasteiger partial charge in [-0.15, -0.1) is 0 Å². The molecule has 1 aliphatic rings. The van der Waals surface area contributed by atoms with Crippen molar-refractivity contribution in [2.24, 2.45) is 4.99 Å². The second-order valence-corrected chi connectivity index (χ2v) is 7.06. The van der Waals surface area contributed by atoms with Crippen LogP contribution in [0.1, 0.15) is 45.1 Å². The van der Waals surface area contributed by atoms with E-state index in [0.29, 0.717) is 18.6 Å². The molecule has 1 fully saturated rings. The van der Waals surface area contributed by atoms with Gasteiger partial charge in [0.15, 0.2) is 5.96 Å². The average Bonchev–Trinajstić information content (AvgIpc) is 3.15. The van der Waals surface area contributed by atoms with E-state index < -0.39 is 0 Å². The summed E-state index contributed by atoms with van der Waals surface area (Å²) in [6, 6.07) is 2.50. The van der Waals surface area contributed by atoms with E-state index in [9.17, 15) is 4.79 Å². The van der Waals surface area contributed by atoms with Gasteiger partial charge < -0.3 is 20.3 Å². The number of hydrogen-bond donors (Lipinski definition) is 2. The summed E-state index contributed by atoms with van der Waals surface area (Å²) in [4.78, 5) is 18.3. The van der Waals surface area contributed by atoms with Gasteiger partial charge in [0.1, 0.15) is 0 Å². The van der Waals surface area contributed by atoms with E-state index in [1.165, 1.54) is 5.56 Å². The minimum atomic E-state index is -0.203. The number of aliphatic imine (C=N–C) groups is 1. The van der Waals surface area contributed by atoms with Gasteiger partial charge in [-0.1, -0.05) is 6.92 Å². The third-order valence-corrected chi connectivity index (χ3v) is 5.04. The number of guanidine groups is 1. The molecule has 0 spiro atoms. The lowest BCUT2D eigenvalue weighted by atomic mass is 10.1. The van der Waals surface area contributed by atoms with E-state index in [0.717, 1.165) is 45.0 Å². The minimum Gasteiger partial charge on any atom is -0.450 e. The highest BCUT2D eigenvalue weighted by Gasteiger charge is 2.24. The lowest BCUT2D eigenvalue weighted by molar-refractivity contribution is 0.0963. The van der Waals surface area contributed by atoms with Crippen LogP contribution in [0.2, 0.25) is 0 Å². The molecule has 1 atom stereocenters. The molecular formula is C18H30N4O2S. The summed E-state index contributed by atoms with van der Waals surface area (Å²) in [5.41, 5.74) is 1.34. The van der Waals surface area contributed by atoms with Crippen molar-refractivity contribution in [1.29, 1.82) is 0 Å². The molecule has 140 valence electrons. The van der Waals surface area contributed by atoms with Gasteiger partial charge in [-0.3, -0.25) is 4.99 Å². The molecule has 1 aromatic rings. The SMILES string of the molecule is CCNC(=NCC(C)c1ccsc1)NC1CCN(C(=O)OCC)CC1. The fraction of sp³-hybridized carbons (Fsp3) is 0.667. The molecule has 1 aliphatic heterocycles. The fourth-order valence-corrected chi connectivity index (χ4v) is 3.61. The molecule has 1 unspecified atom stereocenters. The largest absolute Gasteiger partial charge is 0.450 e. The number of hydrogen-bond acceptors (Lipinski definition) is 4. The Hall–Kier alpha value is -1.76. The first-order chi connectivity index (χ1) is 12.1. The van der Waals surface area contributed by atoms with Crippen molar-refractivity contribution < 1.29 is 9.53 Å². The summed E-state index contributed by atoms with van der Waals surface area (Å²) >= 11 is 1.72. The molecule has 1 amide bonds. The van der Waals surface area contributed by atoms with Gasteiger partial charge in [-0.2, -0.15) is 11.3 Å².